The van der Waals surface area contributed by atoms with Gasteiger partial charge in [-0.25, -0.2) is 0 Å². The van der Waals surface area contributed by atoms with E-state index < -0.39 is 0 Å². The summed E-state index contributed by atoms with van der Waals surface area (Å²) >= 11 is 6.57. The van der Waals surface area contributed by atoms with Crippen LogP contribution in [0.15, 0.2) is 4.42 Å². The van der Waals surface area contributed by atoms with E-state index in [1.165, 1.54) is 24.1 Å². The average molecular weight is 172 g/mol. The molecule has 0 atom stereocenters. The first-order valence-corrected chi connectivity index (χ1v) is 4.70. The molecular formula is C7H8OS2. The Balaban J connectivity index is 2.50. The number of fused-ring (bicyclic) bond motifs is 1. The Morgan fingerprint density at radius 1 is 1.30 bits per heavy atom. The van der Waals surface area contributed by atoms with Gasteiger partial charge in [0.1, 0.15) is 5.76 Å². The molecule has 0 unspecified atom stereocenters. The van der Waals surface area contributed by atoms with Crippen molar-refractivity contribution in [3.63, 3.8) is 0 Å². The fraction of sp³-hybridized carbons (Fsp3) is 0.571. The highest BCUT2D eigenvalue weighted by molar-refractivity contribution is 7.73. The van der Waals surface area contributed by atoms with Crippen molar-refractivity contribution in [2.24, 2.45) is 0 Å². The van der Waals surface area contributed by atoms with Gasteiger partial charge in [-0.2, -0.15) is 0 Å². The van der Waals surface area contributed by atoms with E-state index in [-0.39, 0.29) is 0 Å². The summed E-state index contributed by atoms with van der Waals surface area (Å²) in [5.41, 5.74) is 0. The molecule has 0 fully saturated rings. The summed E-state index contributed by atoms with van der Waals surface area (Å²) in [4.78, 5) is 1.39. The highest BCUT2D eigenvalue weighted by Crippen LogP contribution is 2.26. The molecule has 2 rings (SSSR count). The van der Waals surface area contributed by atoms with Crippen LogP contribution in [-0.2, 0) is 12.8 Å². The maximum Gasteiger partial charge on any atom is 0.247 e. The zero-order valence-electron chi connectivity index (χ0n) is 5.55. The topological polar surface area (TPSA) is 13.1 Å². The molecule has 1 aromatic rings. The lowest BCUT2D eigenvalue weighted by Crippen LogP contribution is -1.96. The second-order valence-electron chi connectivity index (χ2n) is 2.51. The van der Waals surface area contributed by atoms with E-state index in [9.17, 15) is 0 Å². The van der Waals surface area contributed by atoms with E-state index in [4.69, 9.17) is 16.6 Å². The summed E-state index contributed by atoms with van der Waals surface area (Å²) in [6.07, 6.45) is 4.85. The smallest absolute Gasteiger partial charge is 0.247 e. The molecule has 0 saturated carbocycles. The Kier molecular flexibility index (Phi) is 1.62. The van der Waals surface area contributed by atoms with Crippen LogP contribution in [0.5, 0.6) is 0 Å². The van der Waals surface area contributed by atoms with E-state index in [0.717, 1.165) is 12.2 Å². The van der Waals surface area contributed by atoms with Crippen molar-refractivity contribution in [2.75, 3.05) is 0 Å². The van der Waals surface area contributed by atoms with Gasteiger partial charge in [0.15, 0.2) is 0 Å². The zero-order chi connectivity index (χ0) is 6.97. The van der Waals surface area contributed by atoms with Crippen LogP contribution < -0.4 is 0 Å². The summed E-state index contributed by atoms with van der Waals surface area (Å²) in [5, 5.41) is 0. The Bertz CT molecular complexity index is 258. The van der Waals surface area contributed by atoms with Crippen LogP contribution in [0.25, 0.3) is 0 Å². The minimum atomic E-state index is 0.701. The van der Waals surface area contributed by atoms with Crippen molar-refractivity contribution in [3.05, 3.63) is 14.7 Å². The summed E-state index contributed by atoms with van der Waals surface area (Å²) in [5.74, 6) is 1.15. The lowest BCUT2D eigenvalue weighted by Gasteiger charge is -2.05. The molecule has 1 aliphatic carbocycles. The number of hydrogen-bond acceptors (Lipinski definition) is 3. The zero-order valence-corrected chi connectivity index (χ0v) is 7.19. The fourth-order valence-corrected chi connectivity index (χ4v) is 2.54. The van der Waals surface area contributed by atoms with Gasteiger partial charge in [0.05, 0.1) is 0 Å². The van der Waals surface area contributed by atoms with Crippen LogP contribution in [0.3, 0.4) is 0 Å². The molecule has 0 bridgehead atoms. The van der Waals surface area contributed by atoms with Gasteiger partial charge in [-0.15, -0.1) is 0 Å². The van der Waals surface area contributed by atoms with Crippen molar-refractivity contribution in [3.8, 4) is 0 Å². The molecule has 1 heterocycles. The SMILES string of the molecule is S=c1oc2c(s1)CCCC2. The van der Waals surface area contributed by atoms with Crippen LogP contribution in [0.4, 0.5) is 0 Å². The van der Waals surface area contributed by atoms with Crippen LogP contribution in [-0.4, -0.2) is 0 Å². The molecule has 0 N–H and O–H groups in total. The predicted molar refractivity (Wildman–Crippen MR) is 44.1 cm³/mol. The minimum Gasteiger partial charge on any atom is -0.440 e. The van der Waals surface area contributed by atoms with Gasteiger partial charge in [0.2, 0.25) is 4.02 Å². The number of aryl methyl sites for hydroxylation is 2. The van der Waals surface area contributed by atoms with E-state index >= 15 is 0 Å². The van der Waals surface area contributed by atoms with Gasteiger partial charge in [-0.3, -0.25) is 0 Å². The highest BCUT2D eigenvalue weighted by Gasteiger charge is 2.12. The number of hydrogen-bond donors (Lipinski definition) is 0. The Labute approximate surface area is 68.7 Å². The molecule has 10 heavy (non-hydrogen) atoms. The molecule has 0 saturated heterocycles. The monoisotopic (exact) mass is 172 g/mol. The summed E-state index contributed by atoms with van der Waals surface area (Å²) in [6.45, 7) is 0. The van der Waals surface area contributed by atoms with E-state index in [1.807, 2.05) is 0 Å². The standard InChI is InChI=1S/C7H8OS2/c9-7-8-5-3-1-2-4-6(5)10-7/h1-4H2. The first-order valence-electron chi connectivity index (χ1n) is 3.48. The summed E-state index contributed by atoms with van der Waals surface area (Å²) in [7, 11) is 0. The molecule has 0 aliphatic heterocycles. The normalized spacial score (nSPS) is 16.8. The largest absolute Gasteiger partial charge is 0.440 e. The minimum absolute atomic E-state index is 0.701. The average Bonchev–Trinajstić information content (AvgIpc) is 2.27. The van der Waals surface area contributed by atoms with Crippen molar-refractivity contribution >= 4 is 23.6 Å². The van der Waals surface area contributed by atoms with Gasteiger partial charge in [-0.05, 0) is 31.5 Å². The van der Waals surface area contributed by atoms with Crippen molar-refractivity contribution in [1.29, 1.82) is 0 Å². The van der Waals surface area contributed by atoms with Gasteiger partial charge >= 0.3 is 0 Å². The van der Waals surface area contributed by atoms with E-state index in [2.05, 4.69) is 0 Å². The Morgan fingerprint density at radius 3 is 2.90 bits per heavy atom. The molecule has 0 amide bonds. The van der Waals surface area contributed by atoms with Gasteiger partial charge < -0.3 is 4.42 Å². The van der Waals surface area contributed by atoms with Crippen molar-refractivity contribution in [1.82, 2.24) is 0 Å². The second-order valence-corrected chi connectivity index (χ2v) is 4.20. The molecule has 0 aromatic carbocycles. The lowest BCUT2D eigenvalue weighted by atomic mass is 10.0. The molecule has 3 heteroatoms. The van der Waals surface area contributed by atoms with Gasteiger partial charge in [-0.1, -0.05) is 11.3 Å². The third kappa shape index (κ3) is 1.04. The second kappa shape index (κ2) is 2.47. The predicted octanol–water partition coefficient (Wildman–Crippen LogP) is 2.95. The molecule has 0 spiro atoms. The Hall–Kier alpha value is -0.150. The number of rotatable bonds is 0. The summed E-state index contributed by atoms with van der Waals surface area (Å²) in [6, 6.07) is 0. The first kappa shape index (κ1) is 6.55. The highest BCUT2D eigenvalue weighted by atomic mass is 32.1. The Morgan fingerprint density at radius 2 is 2.10 bits per heavy atom. The van der Waals surface area contributed by atoms with Crippen LogP contribution in [0, 0.1) is 4.02 Å². The van der Waals surface area contributed by atoms with Gasteiger partial charge in [0, 0.05) is 11.3 Å². The fourth-order valence-electron chi connectivity index (χ4n) is 1.29. The third-order valence-electron chi connectivity index (χ3n) is 1.78. The van der Waals surface area contributed by atoms with Crippen LogP contribution in [0.2, 0.25) is 0 Å². The maximum absolute atomic E-state index is 5.34. The van der Waals surface area contributed by atoms with Crippen LogP contribution in [0.1, 0.15) is 23.5 Å². The molecule has 1 aromatic heterocycles. The molecular weight excluding hydrogens is 164 g/mol. The van der Waals surface area contributed by atoms with E-state index in [0.29, 0.717) is 4.02 Å². The van der Waals surface area contributed by atoms with Crippen LogP contribution >= 0.6 is 23.6 Å². The quantitative estimate of drug-likeness (QED) is 0.558. The molecule has 1 nitrogen and oxygen atoms in total. The molecule has 0 radical (unpaired) electrons. The van der Waals surface area contributed by atoms with Gasteiger partial charge in [0.25, 0.3) is 0 Å². The summed E-state index contributed by atoms with van der Waals surface area (Å²) < 4.78 is 6.04. The van der Waals surface area contributed by atoms with Crippen molar-refractivity contribution in [2.45, 2.75) is 25.7 Å². The van der Waals surface area contributed by atoms with E-state index in [1.54, 1.807) is 11.3 Å². The lowest BCUT2D eigenvalue weighted by molar-refractivity contribution is 0.469. The third-order valence-corrected chi connectivity index (χ3v) is 3.04. The van der Waals surface area contributed by atoms with Crippen molar-refractivity contribution < 1.29 is 4.42 Å². The molecule has 1 aliphatic rings. The molecule has 54 valence electrons. The first-order chi connectivity index (χ1) is 4.86. The maximum atomic E-state index is 5.34.